The van der Waals surface area contributed by atoms with Crippen molar-refractivity contribution in [2.45, 2.75) is 31.8 Å². The van der Waals surface area contributed by atoms with Gasteiger partial charge >= 0.3 is 0 Å². The molecule has 1 aliphatic carbocycles. The third-order valence-corrected chi connectivity index (χ3v) is 2.59. The Labute approximate surface area is 90.1 Å². The first-order valence-corrected chi connectivity index (χ1v) is 5.39. The van der Waals surface area contributed by atoms with Crippen LogP contribution in [0, 0.1) is 0 Å². The van der Waals surface area contributed by atoms with E-state index in [4.69, 9.17) is 4.74 Å². The first kappa shape index (κ1) is 10.4. The summed E-state index contributed by atoms with van der Waals surface area (Å²) in [5.74, 6) is 2.48. The van der Waals surface area contributed by atoms with E-state index < -0.39 is 0 Å². The van der Waals surface area contributed by atoms with Gasteiger partial charge < -0.3 is 10.1 Å². The molecule has 82 valence electrons. The normalized spacial score (nSPS) is 17.5. The van der Waals surface area contributed by atoms with Crippen LogP contribution in [0.2, 0.25) is 0 Å². The molecule has 15 heavy (non-hydrogen) atoms. The Morgan fingerprint density at radius 1 is 1.60 bits per heavy atom. The van der Waals surface area contributed by atoms with Gasteiger partial charge in [-0.2, -0.15) is 0 Å². The highest BCUT2D eigenvalue weighted by atomic mass is 16.5. The van der Waals surface area contributed by atoms with Gasteiger partial charge in [-0.05, 0) is 25.8 Å². The van der Waals surface area contributed by atoms with Crippen molar-refractivity contribution < 1.29 is 4.74 Å². The fourth-order valence-corrected chi connectivity index (χ4v) is 1.34. The van der Waals surface area contributed by atoms with Crippen molar-refractivity contribution in [2.75, 3.05) is 19.0 Å². The average molecular weight is 207 g/mol. The largest absolute Gasteiger partial charge is 0.380 e. The van der Waals surface area contributed by atoms with Crippen LogP contribution in [-0.4, -0.2) is 29.7 Å². The Kier molecular flexibility index (Phi) is 3.16. The molecule has 1 unspecified atom stereocenters. The number of rotatable bonds is 5. The minimum Gasteiger partial charge on any atom is -0.380 e. The summed E-state index contributed by atoms with van der Waals surface area (Å²) >= 11 is 0. The van der Waals surface area contributed by atoms with E-state index in [0.29, 0.717) is 5.92 Å². The van der Waals surface area contributed by atoms with Gasteiger partial charge in [-0.25, -0.2) is 9.97 Å². The molecule has 1 saturated carbocycles. The molecular formula is C11H17N3O. The first-order valence-electron chi connectivity index (χ1n) is 5.39. The maximum absolute atomic E-state index is 5.16. The molecule has 1 fully saturated rings. The molecule has 0 amide bonds. The van der Waals surface area contributed by atoms with Crippen LogP contribution in [0.1, 0.15) is 31.5 Å². The van der Waals surface area contributed by atoms with Crippen molar-refractivity contribution in [1.29, 1.82) is 0 Å². The van der Waals surface area contributed by atoms with Crippen LogP contribution in [0.4, 0.5) is 5.82 Å². The van der Waals surface area contributed by atoms with Crippen molar-refractivity contribution in [2.24, 2.45) is 0 Å². The summed E-state index contributed by atoms with van der Waals surface area (Å²) in [4.78, 5) is 8.73. The fourth-order valence-electron chi connectivity index (χ4n) is 1.34. The number of nitrogens with one attached hydrogen (secondary N) is 1. The maximum Gasteiger partial charge on any atom is 0.133 e. The van der Waals surface area contributed by atoms with Crippen molar-refractivity contribution in [1.82, 2.24) is 9.97 Å². The summed E-state index contributed by atoms with van der Waals surface area (Å²) in [6.07, 6.45) is 4.49. The van der Waals surface area contributed by atoms with Crippen LogP contribution in [0.5, 0.6) is 0 Å². The van der Waals surface area contributed by atoms with Gasteiger partial charge in [-0.3, -0.25) is 0 Å². The predicted octanol–water partition coefficient (Wildman–Crippen LogP) is 1.80. The second-order valence-corrected chi connectivity index (χ2v) is 4.00. The zero-order valence-electron chi connectivity index (χ0n) is 9.23. The van der Waals surface area contributed by atoms with E-state index >= 15 is 0 Å². The van der Waals surface area contributed by atoms with E-state index in [1.807, 2.05) is 19.2 Å². The van der Waals surface area contributed by atoms with E-state index in [9.17, 15) is 0 Å². The second kappa shape index (κ2) is 4.57. The van der Waals surface area contributed by atoms with Gasteiger partial charge in [0.05, 0.1) is 6.10 Å². The summed E-state index contributed by atoms with van der Waals surface area (Å²) in [7, 11) is 1.71. The summed E-state index contributed by atoms with van der Waals surface area (Å²) in [6, 6.07) is 1.90. The van der Waals surface area contributed by atoms with Gasteiger partial charge in [0, 0.05) is 25.8 Å². The third-order valence-electron chi connectivity index (χ3n) is 2.59. The molecule has 0 radical (unpaired) electrons. The molecule has 1 heterocycles. The Hall–Kier alpha value is -1.16. The van der Waals surface area contributed by atoms with E-state index in [0.717, 1.165) is 18.2 Å². The number of hydrogen-bond donors (Lipinski definition) is 1. The van der Waals surface area contributed by atoms with Crippen LogP contribution in [-0.2, 0) is 4.74 Å². The number of anilines is 1. The van der Waals surface area contributed by atoms with Gasteiger partial charge in [-0.1, -0.05) is 0 Å². The van der Waals surface area contributed by atoms with Crippen LogP contribution in [0.15, 0.2) is 12.3 Å². The lowest BCUT2D eigenvalue weighted by Gasteiger charge is -2.11. The minimum absolute atomic E-state index is 0.198. The lowest BCUT2D eigenvalue weighted by molar-refractivity contribution is 0.128. The van der Waals surface area contributed by atoms with Gasteiger partial charge in [0.1, 0.15) is 11.6 Å². The lowest BCUT2D eigenvalue weighted by atomic mass is 10.3. The fraction of sp³-hybridized carbons (Fsp3) is 0.636. The topological polar surface area (TPSA) is 47.0 Å². The van der Waals surface area contributed by atoms with Gasteiger partial charge in [0.15, 0.2) is 0 Å². The molecule has 1 N–H and O–H groups in total. The molecule has 2 rings (SSSR count). The molecule has 0 saturated heterocycles. The summed E-state index contributed by atoms with van der Waals surface area (Å²) in [6.45, 7) is 2.80. The van der Waals surface area contributed by atoms with Gasteiger partial charge in [0.25, 0.3) is 0 Å². The van der Waals surface area contributed by atoms with Crippen molar-refractivity contribution in [3.8, 4) is 0 Å². The molecule has 4 nitrogen and oxygen atoms in total. The lowest BCUT2D eigenvalue weighted by Crippen LogP contribution is -2.18. The quantitative estimate of drug-likeness (QED) is 0.799. The number of methoxy groups -OCH3 is 1. The van der Waals surface area contributed by atoms with Crippen molar-refractivity contribution in [3.63, 3.8) is 0 Å². The third kappa shape index (κ3) is 2.89. The number of ether oxygens (including phenoxy) is 1. The highest BCUT2D eigenvalue weighted by Gasteiger charge is 2.26. The van der Waals surface area contributed by atoms with Gasteiger partial charge in [-0.15, -0.1) is 0 Å². The first-order chi connectivity index (χ1) is 7.29. The number of nitrogens with zero attached hydrogens (tertiary/aromatic N) is 2. The summed E-state index contributed by atoms with van der Waals surface area (Å²) in [5, 5.41) is 3.24. The molecule has 1 aliphatic rings. The van der Waals surface area contributed by atoms with Crippen LogP contribution in [0.3, 0.4) is 0 Å². The average Bonchev–Trinajstić information content (AvgIpc) is 3.10. The molecule has 1 atom stereocenters. The van der Waals surface area contributed by atoms with Gasteiger partial charge in [0.2, 0.25) is 0 Å². The maximum atomic E-state index is 5.16. The number of aromatic nitrogens is 2. The second-order valence-electron chi connectivity index (χ2n) is 4.00. The Bertz CT molecular complexity index is 325. The molecule has 0 spiro atoms. The van der Waals surface area contributed by atoms with Crippen LogP contribution in [0.25, 0.3) is 0 Å². The molecule has 0 bridgehead atoms. The molecule has 4 heteroatoms. The zero-order chi connectivity index (χ0) is 10.7. The molecule has 0 aromatic carbocycles. The SMILES string of the molecule is COC(C)CNc1ccnc(C2CC2)n1. The molecule has 1 aromatic rings. The standard InChI is InChI=1S/C11H17N3O/c1-8(15-2)7-13-10-5-6-12-11(14-10)9-3-4-9/h5-6,8-9H,3-4,7H2,1-2H3,(H,12,13,14). The Balaban J connectivity index is 1.92. The van der Waals surface area contributed by atoms with Crippen LogP contribution >= 0.6 is 0 Å². The van der Waals surface area contributed by atoms with E-state index in [-0.39, 0.29) is 6.10 Å². The highest BCUT2D eigenvalue weighted by Crippen LogP contribution is 2.37. The van der Waals surface area contributed by atoms with E-state index in [1.54, 1.807) is 7.11 Å². The highest BCUT2D eigenvalue weighted by molar-refractivity contribution is 5.33. The monoisotopic (exact) mass is 207 g/mol. The van der Waals surface area contributed by atoms with Crippen molar-refractivity contribution in [3.05, 3.63) is 18.1 Å². The van der Waals surface area contributed by atoms with E-state index in [2.05, 4.69) is 15.3 Å². The van der Waals surface area contributed by atoms with Crippen molar-refractivity contribution >= 4 is 5.82 Å². The Morgan fingerprint density at radius 2 is 2.40 bits per heavy atom. The van der Waals surface area contributed by atoms with Crippen LogP contribution < -0.4 is 5.32 Å². The summed E-state index contributed by atoms with van der Waals surface area (Å²) in [5.41, 5.74) is 0. The molecule has 0 aliphatic heterocycles. The van der Waals surface area contributed by atoms with E-state index in [1.165, 1.54) is 12.8 Å². The Morgan fingerprint density at radius 3 is 3.07 bits per heavy atom. The molecular weight excluding hydrogens is 190 g/mol. The number of hydrogen-bond acceptors (Lipinski definition) is 4. The minimum atomic E-state index is 0.198. The molecule has 1 aromatic heterocycles. The zero-order valence-corrected chi connectivity index (χ0v) is 9.23. The smallest absolute Gasteiger partial charge is 0.133 e. The summed E-state index contributed by atoms with van der Waals surface area (Å²) < 4.78 is 5.16. The predicted molar refractivity (Wildman–Crippen MR) is 59.0 cm³/mol.